The average molecular weight is 360 g/mol. The number of fused-ring (bicyclic) bond motifs is 8. The van der Waals surface area contributed by atoms with Crippen LogP contribution >= 0.6 is 11.3 Å². The van der Waals surface area contributed by atoms with E-state index >= 15 is 0 Å². The van der Waals surface area contributed by atoms with Gasteiger partial charge in [0.25, 0.3) is 0 Å². The SMILES string of the molecule is COc1ccc2c3c(c4ccc(OC)cc4c2c1)C(C)(C)c1sccc1-3. The van der Waals surface area contributed by atoms with Crippen molar-refractivity contribution in [1.82, 2.24) is 0 Å². The van der Waals surface area contributed by atoms with Gasteiger partial charge < -0.3 is 9.47 Å². The van der Waals surface area contributed by atoms with Crippen molar-refractivity contribution in [1.29, 1.82) is 0 Å². The van der Waals surface area contributed by atoms with Crippen LogP contribution in [0.15, 0.2) is 47.8 Å². The molecule has 0 amide bonds. The van der Waals surface area contributed by atoms with Crippen molar-refractivity contribution in [2.45, 2.75) is 19.3 Å². The van der Waals surface area contributed by atoms with Crippen molar-refractivity contribution in [3.05, 3.63) is 58.3 Å². The van der Waals surface area contributed by atoms with E-state index in [0.29, 0.717) is 0 Å². The Bertz CT molecular complexity index is 1180. The third-order valence-electron chi connectivity index (χ3n) is 5.66. The Labute approximate surface area is 157 Å². The van der Waals surface area contributed by atoms with Gasteiger partial charge in [0.05, 0.1) is 14.2 Å². The zero-order valence-electron chi connectivity index (χ0n) is 15.3. The standard InChI is InChI=1S/C23H20O2S/c1-23(2)21-16-8-6-14(25-4)12-19(16)18-11-13(24-3)5-7-15(18)20(21)17-9-10-26-22(17)23/h5-12H,1-4H3. The minimum absolute atomic E-state index is 0.000209. The van der Waals surface area contributed by atoms with Gasteiger partial charge in [-0.25, -0.2) is 0 Å². The molecule has 1 aliphatic carbocycles. The fourth-order valence-corrected chi connectivity index (χ4v) is 5.52. The minimum atomic E-state index is -0.000209. The van der Waals surface area contributed by atoms with E-state index in [2.05, 4.69) is 61.7 Å². The molecule has 0 saturated carbocycles. The first-order valence-electron chi connectivity index (χ1n) is 8.76. The molecule has 1 aromatic heterocycles. The van der Waals surface area contributed by atoms with Crippen LogP contribution in [-0.2, 0) is 5.41 Å². The zero-order chi connectivity index (χ0) is 18.1. The Balaban J connectivity index is 2.05. The molecule has 0 aliphatic heterocycles. The summed E-state index contributed by atoms with van der Waals surface area (Å²) >= 11 is 1.86. The molecule has 0 spiro atoms. The van der Waals surface area contributed by atoms with Crippen LogP contribution in [0.4, 0.5) is 0 Å². The second-order valence-corrected chi connectivity index (χ2v) is 8.28. The van der Waals surface area contributed by atoms with Crippen LogP contribution in [0.2, 0.25) is 0 Å². The molecule has 3 heteroatoms. The van der Waals surface area contributed by atoms with Crippen LogP contribution in [0.1, 0.15) is 24.3 Å². The predicted molar refractivity (Wildman–Crippen MR) is 110 cm³/mol. The zero-order valence-corrected chi connectivity index (χ0v) is 16.2. The van der Waals surface area contributed by atoms with Crippen molar-refractivity contribution < 1.29 is 9.47 Å². The molecule has 0 N–H and O–H groups in total. The molecule has 0 radical (unpaired) electrons. The molecule has 0 bridgehead atoms. The van der Waals surface area contributed by atoms with Crippen LogP contribution in [0, 0.1) is 0 Å². The van der Waals surface area contributed by atoms with E-state index in [-0.39, 0.29) is 5.41 Å². The smallest absolute Gasteiger partial charge is 0.119 e. The quantitative estimate of drug-likeness (QED) is 0.386. The van der Waals surface area contributed by atoms with Crippen molar-refractivity contribution in [2.24, 2.45) is 0 Å². The first kappa shape index (κ1) is 15.7. The number of hydrogen-bond acceptors (Lipinski definition) is 3. The number of ether oxygens (including phenoxy) is 2. The Hall–Kier alpha value is -2.52. The first-order chi connectivity index (χ1) is 12.6. The summed E-state index contributed by atoms with van der Waals surface area (Å²) in [5, 5.41) is 7.23. The molecule has 3 aromatic carbocycles. The van der Waals surface area contributed by atoms with Gasteiger partial charge in [0.15, 0.2) is 0 Å². The molecule has 0 saturated heterocycles. The molecule has 4 aromatic rings. The van der Waals surface area contributed by atoms with Gasteiger partial charge in [0, 0.05) is 10.3 Å². The molecule has 0 unspecified atom stereocenters. The number of hydrogen-bond donors (Lipinski definition) is 0. The number of benzene rings is 3. The van der Waals surface area contributed by atoms with E-state index in [4.69, 9.17) is 9.47 Å². The van der Waals surface area contributed by atoms with E-state index in [9.17, 15) is 0 Å². The third kappa shape index (κ3) is 1.87. The van der Waals surface area contributed by atoms with Gasteiger partial charge in [-0.05, 0) is 73.9 Å². The molecule has 26 heavy (non-hydrogen) atoms. The maximum atomic E-state index is 5.52. The van der Waals surface area contributed by atoms with Crippen molar-refractivity contribution in [2.75, 3.05) is 14.2 Å². The van der Waals surface area contributed by atoms with Gasteiger partial charge in [-0.1, -0.05) is 26.0 Å². The Morgan fingerprint density at radius 3 is 2.04 bits per heavy atom. The van der Waals surface area contributed by atoms with E-state index in [1.165, 1.54) is 43.1 Å². The Morgan fingerprint density at radius 1 is 0.769 bits per heavy atom. The van der Waals surface area contributed by atoms with Crippen molar-refractivity contribution >= 4 is 32.9 Å². The molecule has 1 heterocycles. The molecule has 1 aliphatic rings. The monoisotopic (exact) mass is 360 g/mol. The Kier molecular flexibility index (Phi) is 3.17. The second-order valence-electron chi connectivity index (χ2n) is 7.36. The van der Waals surface area contributed by atoms with Crippen LogP contribution in [0.5, 0.6) is 11.5 Å². The van der Waals surface area contributed by atoms with Crippen LogP contribution in [0.3, 0.4) is 0 Å². The summed E-state index contributed by atoms with van der Waals surface area (Å²) in [5.74, 6) is 1.76. The number of rotatable bonds is 2. The number of thiophene rings is 1. The summed E-state index contributed by atoms with van der Waals surface area (Å²) < 4.78 is 11.0. The van der Waals surface area contributed by atoms with Crippen LogP contribution in [0.25, 0.3) is 32.7 Å². The lowest BCUT2D eigenvalue weighted by Gasteiger charge is -2.23. The van der Waals surface area contributed by atoms with E-state index in [0.717, 1.165) is 11.5 Å². The highest BCUT2D eigenvalue weighted by Crippen LogP contribution is 2.56. The molecule has 0 atom stereocenters. The summed E-state index contributed by atoms with van der Waals surface area (Å²) in [7, 11) is 3.44. The van der Waals surface area contributed by atoms with E-state index in [1.807, 2.05) is 11.3 Å². The lowest BCUT2D eigenvalue weighted by atomic mass is 9.81. The fourth-order valence-electron chi connectivity index (χ4n) is 4.48. The van der Waals surface area contributed by atoms with Crippen LogP contribution < -0.4 is 9.47 Å². The largest absolute Gasteiger partial charge is 0.497 e. The van der Waals surface area contributed by atoms with Crippen molar-refractivity contribution in [3.8, 4) is 22.6 Å². The third-order valence-corrected chi connectivity index (χ3v) is 6.90. The Morgan fingerprint density at radius 2 is 1.38 bits per heavy atom. The molecule has 0 fully saturated rings. The summed E-state index contributed by atoms with van der Waals surface area (Å²) in [5.41, 5.74) is 4.18. The molecular weight excluding hydrogens is 340 g/mol. The lowest BCUT2D eigenvalue weighted by molar-refractivity contribution is 0.415. The fraction of sp³-hybridized carbons (Fsp3) is 0.217. The maximum Gasteiger partial charge on any atom is 0.119 e. The first-order valence-corrected chi connectivity index (χ1v) is 9.64. The van der Waals surface area contributed by atoms with Gasteiger partial charge >= 0.3 is 0 Å². The van der Waals surface area contributed by atoms with Crippen molar-refractivity contribution in [3.63, 3.8) is 0 Å². The molecular formula is C23H20O2S. The molecule has 130 valence electrons. The molecule has 5 rings (SSSR count). The van der Waals surface area contributed by atoms with Gasteiger partial charge in [-0.3, -0.25) is 0 Å². The highest BCUT2D eigenvalue weighted by molar-refractivity contribution is 7.10. The van der Waals surface area contributed by atoms with E-state index < -0.39 is 0 Å². The van der Waals surface area contributed by atoms with Gasteiger partial charge in [-0.2, -0.15) is 0 Å². The lowest BCUT2D eigenvalue weighted by Crippen LogP contribution is -2.14. The maximum absolute atomic E-state index is 5.52. The average Bonchev–Trinajstić information content (AvgIpc) is 3.23. The predicted octanol–water partition coefficient (Wildman–Crippen LogP) is 6.38. The topological polar surface area (TPSA) is 18.5 Å². The summed E-state index contributed by atoms with van der Waals surface area (Å²) in [6.07, 6.45) is 0. The van der Waals surface area contributed by atoms with E-state index in [1.54, 1.807) is 14.2 Å². The van der Waals surface area contributed by atoms with Gasteiger partial charge in [-0.15, -0.1) is 11.3 Å². The normalized spacial score (nSPS) is 14.5. The van der Waals surface area contributed by atoms with Gasteiger partial charge in [0.1, 0.15) is 11.5 Å². The number of methoxy groups -OCH3 is 2. The summed E-state index contributed by atoms with van der Waals surface area (Å²) in [6.45, 7) is 4.68. The highest BCUT2D eigenvalue weighted by Gasteiger charge is 2.39. The van der Waals surface area contributed by atoms with Crippen LogP contribution in [-0.4, -0.2) is 14.2 Å². The van der Waals surface area contributed by atoms with Gasteiger partial charge in [0.2, 0.25) is 0 Å². The summed E-state index contributed by atoms with van der Waals surface area (Å²) in [4.78, 5) is 1.45. The minimum Gasteiger partial charge on any atom is -0.497 e. The molecule has 2 nitrogen and oxygen atoms in total. The highest BCUT2D eigenvalue weighted by atomic mass is 32.1. The second kappa shape index (κ2) is 5.24. The summed E-state index contributed by atoms with van der Waals surface area (Å²) in [6, 6.07) is 15.1.